The third kappa shape index (κ3) is 9.78. The Morgan fingerprint density at radius 2 is 1.06 bits per heavy atom. The number of carboxylic acid groups (broad SMARTS) is 4. The van der Waals surface area contributed by atoms with E-state index < -0.39 is 50.1 Å². The summed E-state index contributed by atoms with van der Waals surface area (Å²) in [5.41, 5.74) is 10.4. The van der Waals surface area contributed by atoms with Gasteiger partial charge in [-0.3, -0.25) is 29.0 Å². The first kappa shape index (κ1) is 34.0. The molecule has 0 atom stereocenters. The Balaban J connectivity index is 1.79. The van der Waals surface area contributed by atoms with Gasteiger partial charge in [0.15, 0.2) is 0 Å². The Morgan fingerprint density at radius 3 is 1.47 bits per heavy atom. The molecule has 0 amide bonds. The number of carbonyl (C=O) groups is 4. The number of pyridine rings is 3. The van der Waals surface area contributed by atoms with Crippen LogP contribution < -0.4 is 10.5 Å². The number of nitrogens with two attached hydrogens (primary N) is 1. The highest BCUT2D eigenvalue weighted by Crippen LogP contribution is 2.33. The molecule has 0 aliphatic rings. The number of benzene rings is 1. The van der Waals surface area contributed by atoms with Crippen LogP contribution in [0.3, 0.4) is 0 Å². The molecule has 244 valence electrons. The van der Waals surface area contributed by atoms with Crippen LogP contribution in [0.25, 0.3) is 33.9 Å². The SMILES string of the molecule is COc1cc(-c2cc(-c3cccc(CN(CC(=O)O)CC(=O)O)n3)nc(-c3cccc(CN(CC(=O)O)CC(=O)O)n3)c2)ccc1N. The molecule has 0 aliphatic heterocycles. The first-order chi connectivity index (χ1) is 22.4. The minimum atomic E-state index is -1.18. The largest absolute Gasteiger partial charge is 0.495 e. The maximum absolute atomic E-state index is 11.3. The number of anilines is 1. The Hall–Kier alpha value is -5.93. The molecule has 4 aromatic rings. The number of hydrogen-bond donors (Lipinski definition) is 5. The van der Waals surface area contributed by atoms with Gasteiger partial charge in [-0.05, 0) is 59.7 Å². The number of aromatic nitrogens is 3. The zero-order valence-corrected chi connectivity index (χ0v) is 25.2. The van der Waals surface area contributed by atoms with Gasteiger partial charge in [0, 0.05) is 13.1 Å². The molecule has 15 nitrogen and oxygen atoms in total. The van der Waals surface area contributed by atoms with E-state index in [9.17, 15) is 39.6 Å². The van der Waals surface area contributed by atoms with Gasteiger partial charge in [0.1, 0.15) is 5.75 Å². The minimum absolute atomic E-state index is 0.0407. The molecule has 0 saturated heterocycles. The van der Waals surface area contributed by atoms with Crippen LogP contribution in [0.4, 0.5) is 5.69 Å². The summed E-state index contributed by atoms with van der Waals surface area (Å²) in [5, 5.41) is 37.0. The zero-order chi connectivity index (χ0) is 34.1. The Bertz CT molecular complexity index is 1670. The molecule has 1 aromatic carbocycles. The molecule has 0 bridgehead atoms. The van der Waals surface area contributed by atoms with Crippen LogP contribution >= 0.6 is 0 Å². The summed E-state index contributed by atoms with van der Waals surface area (Å²) < 4.78 is 5.41. The van der Waals surface area contributed by atoms with Crippen LogP contribution in [-0.2, 0) is 32.3 Å². The average Bonchev–Trinajstić information content (AvgIpc) is 3.00. The van der Waals surface area contributed by atoms with Gasteiger partial charge in [-0.15, -0.1) is 0 Å². The standard InChI is InChI=1S/C32H32N6O9/c1-47-28-12-19(8-9-23(28)33)20-10-26(24-6-2-4-21(34-24)13-37(15-29(39)40)16-30(41)42)36-27(11-20)25-7-3-5-22(35-25)14-38(17-31(43)44)18-32(45)46/h2-12H,13-18,33H2,1H3,(H,39,40)(H,41,42)(H,43,44)(H,45,46). The topological polar surface area (TPSA) is 230 Å². The highest BCUT2D eigenvalue weighted by atomic mass is 16.5. The number of hydrogen-bond acceptors (Lipinski definition) is 11. The summed E-state index contributed by atoms with van der Waals surface area (Å²) in [6.07, 6.45) is 0. The molecular formula is C32H32N6O9. The van der Waals surface area contributed by atoms with Crippen molar-refractivity contribution in [1.29, 1.82) is 0 Å². The number of rotatable bonds is 16. The van der Waals surface area contributed by atoms with Gasteiger partial charge in [-0.25, -0.2) is 15.0 Å². The van der Waals surface area contributed by atoms with E-state index in [2.05, 4.69) is 9.97 Å². The summed E-state index contributed by atoms with van der Waals surface area (Å²) in [6, 6.07) is 19.0. The number of carboxylic acids is 4. The molecule has 0 fully saturated rings. The molecule has 0 spiro atoms. The van der Waals surface area contributed by atoms with E-state index in [1.165, 1.54) is 16.9 Å². The van der Waals surface area contributed by atoms with E-state index in [4.69, 9.17) is 15.5 Å². The lowest BCUT2D eigenvalue weighted by atomic mass is 10.0. The summed E-state index contributed by atoms with van der Waals surface area (Å²) in [7, 11) is 1.50. The van der Waals surface area contributed by atoms with Gasteiger partial charge in [0.25, 0.3) is 0 Å². The van der Waals surface area contributed by atoms with Gasteiger partial charge < -0.3 is 30.9 Å². The number of nitrogens with zero attached hydrogens (tertiary/aromatic N) is 5. The summed E-state index contributed by atoms with van der Waals surface area (Å²) >= 11 is 0. The second-order valence-electron chi connectivity index (χ2n) is 10.5. The fraction of sp³-hybridized carbons (Fsp3) is 0.219. The highest BCUT2D eigenvalue weighted by Gasteiger charge is 2.18. The van der Waals surface area contributed by atoms with Gasteiger partial charge >= 0.3 is 23.9 Å². The lowest BCUT2D eigenvalue weighted by Gasteiger charge is -2.18. The van der Waals surface area contributed by atoms with Crippen molar-refractivity contribution >= 4 is 29.6 Å². The predicted molar refractivity (Wildman–Crippen MR) is 168 cm³/mol. The Kier molecular flexibility index (Phi) is 11.1. The Morgan fingerprint density at radius 1 is 0.617 bits per heavy atom. The minimum Gasteiger partial charge on any atom is -0.495 e. The molecule has 15 heteroatoms. The molecule has 0 unspecified atom stereocenters. The maximum Gasteiger partial charge on any atom is 0.317 e. The van der Waals surface area contributed by atoms with E-state index in [1.807, 2.05) is 0 Å². The number of nitrogen functional groups attached to an aromatic ring is 1. The summed E-state index contributed by atoms with van der Waals surface area (Å²) in [5.74, 6) is -4.25. The van der Waals surface area contributed by atoms with Crippen LogP contribution in [0.5, 0.6) is 5.75 Å². The molecule has 6 N–H and O–H groups in total. The number of aliphatic carboxylic acids is 4. The molecule has 0 radical (unpaired) electrons. The first-order valence-electron chi connectivity index (χ1n) is 14.1. The van der Waals surface area contributed by atoms with Crippen molar-refractivity contribution in [2.24, 2.45) is 0 Å². The second-order valence-corrected chi connectivity index (χ2v) is 10.5. The second kappa shape index (κ2) is 15.4. The van der Waals surface area contributed by atoms with Gasteiger partial charge in [0.2, 0.25) is 0 Å². The number of ether oxygens (including phenoxy) is 1. The molecular weight excluding hydrogens is 612 g/mol. The Labute approximate surface area is 268 Å². The van der Waals surface area contributed by atoms with E-state index in [1.54, 1.807) is 66.7 Å². The molecule has 4 rings (SSSR count). The monoisotopic (exact) mass is 644 g/mol. The smallest absolute Gasteiger partial charge is 0.317 e. The highest BCUT2D eigenvalue weighted by molar-refractivity contribution is 5.77. The van der Waals surface area contributed by atoms with Crippen LogP contribution in [0.1, 0.15) is 11.4 Å². The molecule has 0 saturated carbocycles. The average molecular weight is 645 g/mol. The summed E-state index contributed by atoms with van der Waals surface area (Å²) in [4.78, 5) is 61.9. The lowest BCUT2D eigenvalue weighted by Crippen LogP contribution is -2.34. The van der Waals surface area contributed by atoms with Crippen LogP contribution in [0.2, 0.25) is 0 Å². The number of methoxy groups -OCH3 is 1. The van der Waals surface area contributed by atoms with Gasteiger partial charge in [-0.1, -0.05) is 18.2 Å². The normalized spacial score (nSPS) is 11.0. The van der Waals surface area contributed by atoms with E-state index in [0.29, 0.717) is 51.2 Å². The van der Waals surface area contributed by atoms with E-state index in [-0.39, 0.29) is 13.1 Å². The predicted octanol–water partition coefficient (Wildman–Crippen LogP) is 2.41. The van der Waals surface area contributed by atoms with Gasteiger partial charge in [0.05, 0.1) is 73.1 Å². The van der Waals surface area contributed by atoms with Crippen LogP contribution in [0, 0.1) is 0 Å². The zero-order valence-electron chi connectivity index (χ0n) is 25.2. The third-order valence-corrected chi connectivity index (χ3v) is 6.74. The van der Waals surface area contributed by atoms with E-state index >= 15 is 0 Å². The first-order valence-corrected chi connectivity index (χ1v) is 14.1. The van der Waals surface area contributed by atoms with Crippen molar-refractivity contribution < 1.29 is 44.3 Å². The molecule has 3 aromatic heterocycles. The van der Waals surface area contributed by atoms with Crippen molar-refractivity contribution in [1.82, 2.24) is 24.8 Å². The summed E-state index contributed by atoms with van der Waals surface area (Å²) in [6.45, 7) is -2.05. The maximum atomic E-state index is 11.3. The van der Waals surface area contributed by atoms with Crippen LogP contribution in [0.15, 0.2) is 66.7 Å². The van der Waals surface area contributed by atoms with Crippen molar-refractivity contribution in [2.75, 3.05) is 39.0 Å². The van der Waals surface area contributed by atoms with E-state index in [0.717, 1.165) is 5.56 Å². The van der Waals surface area contributed by atoms with Crippen molar-refractivity contribution in [3.8, 4) is 39.7 Å². The third-order valence-electron chi connectivity index (χ3n) is 6.74. The quantitative estimate of drug-likeness (QED) is 0.110. The van der Waals surface area contributed by atoms with Crippen molar-refractivity contribution in [3.05, 3.63) is 78.1 Å². The van der Waals surface area contributed by atoms with Crippen LogP contribution in [-0.4, -0.2) is 102 Å². The fourth-order valence-electron chi connectivity index (χ4n) is 4.83. The lowest BCUT2D eigenvalue weighted by molar-refractivity contribution is -0.144. The molecule has 0 aliphatic carbocycles. The fourth-order valence-corrected chi connectivity index (χ4v) is 4.83. The van der Waals surface area contributed by atoms with Crippen molar-refractivity contribution in [3.63, 3.8) is 0 Å². The van der Waals surface area contributed by atoms with Crippen molar-refractivity contribution in [2.45, 2.75) is 13.1 Å². The van der Waals surface area contributed by atoms with Gasteiger partial charge in [-0.2, -0.15) is 0 Å². The molecule has 3 heterocycles. The molecule has 47 heavy (non-hydrogen) atoms.